The summed E-state index contributed by atoms with van der Waals surface area (Å²) in [7, 11) is 1.69. The van der Waals surface area contributed by atoms with Crippen LogP contribution in [0.1, 0.15) is 18.5 Å². The molecule has 0 fully saturated rings. The van der Waals surface area contributed by atoms with Crippen molar-refractivity contribution in [2.45, 2.75) is 13.0 Å². The van der Waals surface area contributed by atoms with Crippen molar-refractivity contribution in [3.8, 4) is 0 Å². The lowest BCUT2D eigenvalue weighted by molar-refractivity contribution is -0.123. The van der Waals surface area contributed by atoms with Crippen LogP contribution in [0.4, 0.5) is 10.1 Å². The molecule has 6 heteroatoms. The number of fused-ring (bicyclic) bond motifs is 1. The van der Waals surface area contributed by atoms with Gasteiger partial charge in [-0.2, -0.15) is 0 Å². The fourth-order valence-electron chi connectivity index (χ4n) is 3.31. The van der Waals surface area contributed by atoms with E-state index in [4.69, 9.17) is 0 Å². The van der Waals surface area contributed by atoms with Gasteiger partial charge >= 0.3 is 0 Å². The van der Waals surface area contributed by atoms with Crippen LogP contribution in [0.15, 0.2) is 66.7 Å². The van der Waals surface area contributed by atoms with E-state index in [0.29, 0.717) is 5.69 Å². The molecule has 0 aliphatic heterocycles. The van der Waals surface area contributed by atoms with Gasteiger partial charge in [-0.3, -0.25) is 14.5 Å². The lowest BCUT2D eigenvalue weighted by atomic mass is 10.00. The fourth-order valence-corrected chi connectivity index (χ4v) is 3.31. The Morgan fingerprint density at radius 3 is 2.45 bits per heavy atom. The maximum atomic E-state index is 13.2. The number of carbonyl (C=O) groups excluding carboxylic acids is 2. The average molecular weight is 393 g/mol. The van der Waals surface area contributed by atoms with E-state index >= 15 is 0 Å². The molecule has 0 radical (unpaired) electrons. The van der Waals surface area contributed by atoms with Crippen molar-refractivity contribution in [2.75, 3.05) is 25.5 Å². The monoisotopic (exact) mass is 393 g/mol. The van der Waals surface area contributed by atoms with Crippen molar-refractivity contribution in [3.63, 3.8) is 0 Å². The van der Waals surface area contributed by atoms with Crippen molar-refractivity contribution in [2.24, 2.45) is 0 Å². The van der Waals surface area contributed by atoms with Crippen LogP contribution in [-0.4, -0.2) is 36.9 Å². The van der Waals surface area contributed by atoms with Gasteiger partial charge in [0.2, 0.25) is 11.8 Å². The second kappa shape index (κ2) is 9.30. The molecular formula is C23H24FN3O2. The number of amides is 2. The molecule has 0 bridgehead atoms. The van der Waals surface area contributed by atoms with E-state index < -0.39 is 5.82 Å². The SMILES string of the molecule is C[C@H](NC(=O)CN(C)CC(=O)Nc1cccc(F)c1)c1cccc2ccccc12. The fraction of sp³-hybridized carbons (Fsp3) is 0.217. The molecule has 0 aromatic heterocycles. The Hall–Kier alpha value is -3.25. The van der Waals surface area contributed by atoms with Crippen LogP contribution < -0.4 is 10.6 Å². The number of halogens is 1. The standard InChI is InChI=1S/C23H24FN3O2/c1-16(20-12-5-8-17-7-3-4-11-21(17)20)25-22(28)14-27(2)15-23(29)26-19-10-6-9-18(24)13-19/h3-13,16H,14-15H2,1-2H3,(H,25,28)(H,26,29)/t16-/m0/s1. The third-order valence-corrected chi connectivity index (χ3v) is 4.60. The molecule has 0 unspecified atom stereocenters. The van der Waals surface area contributed by atoms with Crippen molar-refractivity contribution in [1.29, 1.82) is 0 Å². The van der Waals surface area contributed by atoms with Gasteiger partial charge < -0.3 is 10.6 Å². The predicted octanol–water partition coefficient (Wildman–Crippen LogP) is 3.73. The minimum atomic E-state index is -0.419. The van der Waals surface area contributed by atoms with Gasteiger partial charge in [0.25, 0.3) is 0 Å². The number of carbonyl (C=O) groups is 2. The summed E-state index contributed by atoms with van der Waals surface area (Å²) in [4.78, 5) is 26.1. The highest BCUT2D eigenvalue weighted by Crippen LogP contribution is 2.23. The maximum Gasteiger partial charge on any atom is 0.238 e. The van der Waals surface area contributed by atoms with Gasteiger partial charge in [-0.25, -0.2) is 4.39 Å². The third kappa shape index (κ3) is 5.62. The first-order valence-electron chi connectivity index (χ1n) is 9.43. The summed E-state index contributed by atoms with van der Waals surface area (Å²) in [6, 6.07) is 19.6. The normalized spacial score (nSPS) is 12.0. The summed E-state index contributed by atoms with van der Waals surface area (Å²) < 4.78 is 13.2. The van der Waals surface area contributed by atoms with Gasteiger partial charge in [0.05, 0.1) is 19.1 Å². The number of anilines is 1. The zero-order valence-corrected chi connectivity index (χ0v) is 16.5. The molecule has 3 rings (SSSR count). The highest BCUT2D eigenvalue weighted by molar-refractivity contribution is 5.92. The zero-order chi connectivity index (χ0) is 20.8. The van der Waals surface area contributed by atoms with E-state index in [2.05, 4.69) is 10.6 Å². The van der Waals surface area contributed by atoms with Gasteiger partial charge in [-0.1, -0.05) is 48.5 Å². The van der Waals surface area contributed by atoms with Crippen molar-refractivity contribution in [3.05, 3.63) is 78.1 Å². The topological polar surface area (TPSA) is 61.4 Å². The molecule has 3 aromatic carbocycles. The summed E-state index contributed by atoms with van der Waals surface area (Å²) in [5.74, 6) is -0.905. The number of nitrogens with zero attached hydrogens (tertiary/aromatic N) is 1. The van der Waals surface area contributed by atoms with E-state index in [1.165, 1.54) is 18.2 Å². The highest BCUT2D eigenvalue weighted by atomic mass is 19.1. The molecule has 2 amide bonds. The van der Waals surface area contributed by atoms with Gasteiger partial charge in [-0.05, 0) is 48.5 Å². The van der Waals surface area contributed by atoms with Gasteiger partial charge in [-0.15, -0.1) is 0 Å². The van der Waals surface area contributed by atoms with Crippen LogP contribution in [0.2, 0.25) is 0 Å². The minimum absolute atomic E-state index is 0.0204. The maximum absolute atomic E-state index is 13.2. The molecule has 5 nitrogen and oxygen atoms in total. The van der Waals surface area contributed by atoms with Crippen LogP contribution in [0, 0.1) is 5.82 Å². The molecule has 0 aliphatic carbocycles. The number of hydrogen-bond acceptors (Lipinski definition) is 3. The average Bonchev–Trinajstić information content (AvgIpc) is 2.67. The van der Waals surface area contributed by atoms with E-state index in [9.17, 15) is 14.0 Å². The molecule has 29 heavy (non-hydrogen) atoms. The molecule has 3 aromatic rings. The number of rotatable bonds is 7. The Kier molecular flexibility index (Phi) is 6.57. The lowest BCUT2D eigenvalue weighted by Crippen LogP contribution is -2.39. The molecular weight excluding hydrogens is 369 g/mol. The van der Waals surface area contributed by atoms with Gasteiger partial charge in [0.1, 0.15) is 5.82 Å². The summed E-state index contributed by atoms with van der Waals surface area (Å²) >= 11 is 0. The largest absolute Gasteiger partial charge is 0.348 e. The first-order chi connectivity index (χ1) is 13.9. The zero-order valence-electron chi connectivity index (χ0n) is 16.5. The number of benzene rings is 3. The highest BCUT2D eigenvalue weighted by Gasteiger charge is 2.15. The predicted molar refractivity (Wildman–Crippen MR) is 113 cm³/mol. The second-order valence-electron chi connectivity index (χ2n) is 7.09. The first kappa shape index (κ1) is 20.5. The molecule has 0 saturated heterocycles. The van der Waals surface area contributed by atoms with Gasteiger partial charge in [0, 0.05) is 5.69 Å². The van der Waals surface area contributed by atoms with Gasteiger partial charge in [0.15, 0.2) is 0 Å². The van der Waals surface area contributed by atoms with E-state index in [1.807, 2.05) is 49.4 Å². The molecule has 0 heterocycles. The van der Waals surface area contributed by atoms with Crippen molar-refractivity contribution in [1.82, 2.24) is 10.2 Å². The number of likely N-dealkylation sites (N-methyl/N-ethyl adjacent to an activating group) is 1. The molecule has 0 saturated carbocycles. The van der Waals surface area contributed by atoms with Crippen LogP contribution in [0.5, 0.6) is 0 Å². The quantitative estimate of drug-likeness (QED) is 0.643. The summed E-state index contributed by atoms with van der Waals surface area (Å²) in [5.41, 5.74) is 1.43. The second-order valence-corrected chi connectivity index (χ2v) is 7.09. The Morgan fingerprint density at radius 2 is 1.66 bits per heavy atom. The summed E-state index contributed by atoms with van der Waals surface area (Å²) in [5, 5.41) is 7.83. The molecule has 0 spiro atoms. The summed E-state index contributed by atoms with van der Waals surface area (Å²) in [6.45, 7) is 2.04. The molecule has 1 atom stereocenters. The van der Waals surface area contributed by atoms with E-state index in [1.54, 1.807) is 18.0 Å². The van der Waals surface area contributed by atoms with E-state index in [0.717, 1.165) is 16.3 Å². The summed E-state index contributed by atoms with van der Waals surface area (Å²) in [6.07, 6.45) is 0. The molecule has 2 N–H and O–H groups in total. The first-order valence-corrected chi connectivity index (χ1v) is 9.43. The molecule has 150 valence electrons. The molecule has 0 aliphatic rings. The number of nitrogens with one attached hydrogen (secondary N) is 2. The third-order valence-electron chi connectivity index (χ3n) is 4.60. The Morgan fingerprint density at radius 1 is 0.966 bits per heavy atom. The number of hydrogen-bond donors (Lipinski definition) is 2. The van der Waals surface area contributed by atoms with Crippen LogP contribution in [0.25, 0.3) is 10.8 Å². The Bertz CT molecular complexity index is 1020. The van der Waals surface area contributed by atoms with E-state index in [-0.39, 0.29) is 30.9 Å². The van der Waals surface area contributed by atoms with Crippen molar-refractivity contribution < 1.29 is 14.0 Å². The van der Waals surface area contributed by atoms with Crippen LogP contribution in [-0.2, 0) is 9.59 Å². The van der Waals surface area contributed by atoms with Crippen LogP contribution in [0.3, 0.4) is 0 Å². The Labute approximate surface area is 169 Å². The minimum Gasteiger partial charge on any atom is -0.348 e. The van der Waals surface area contributed by atoms with Crippen LogP contribution >= 0.6 is 0 Å². The van der Waals surface area contributed by atoms with Crippen molar-refractivity contribution >= 4 is 28.3 Å². The Balaban J connectivity index is 1.53. The lowest BCUT2D eigenvalue weighted by Gasteiger charge is -2.20. The smallest absolute Gasteiger partial charge is 0.238 e.